The first kappa shape index (κ1) is 20.7. The first-order valence-corrected chi connectivity index (χ1v) is 9.53. The van der Waals surface area contributed by atoms with Crippen molar-refractivity contribution >= 4 is 15.9 Å². The van der Waals surface area contributed by atoms with Gasteiger partial charge in [0.15, 0.2) is 11.5 Å². The monoisotopic (exact) mass is 425 g/mol. The van der Waals surface area contributed by atoms with Crippen LogP contribution in [0.25, 0.3) is 0 Å². The van der Waals surface area contributed by atoms with Crippen LogP contribution in [0.5, 0.6) is 11.5 Å². The van der Waals surface area contributed by atoms with E-state index >= 15 is 0 Å². The lowest BCUT2D eigenvalue weighted by molar-refractivity contribution is 0.238. The van der Waals surface area contributed by atoms with Crippen LogP contribution >= 0.6 is 15.9 Å². The molecule has 2 aromatic carbocycles. The van der Waals surface area contributed by atoms with Crippen LogP contribution in [0.3, 0.4) is 0 Å². The molecular formula is C20H25BrFNO3. The largest absolute Gasteiger partial charge is 0.490 e. The first-order chi connectivity index (χ1) is 12.6. The van der Waals surface area contributed by atoms with Crippen LogP contribution in [0.2, 0.25) is 0 Å². The van der Waals surface area contributed by atoms with Crippen molar-refractivity contribution in [1.29, 1.82) is 0 Å². The van der Waals surface area contributed by atoms with Gasteiger partial charge in [-0.1, -0.05) is 41.1 Å². The average Bonchev–Trinajstić information content (AvgIpc) is 2.64. The van der Waals surface area contributed by atoms with E-state index in [-0.39, 0.29) is 25.1 Å². The molecule has 0 aliphatic rings. The molecule has 1 unspecified atom stereocenters. The third-order valence-electron chi connectivity index (χ3n) is 4.05. The van der Waals surface area contributed by atoms with E-state index in [1.54, 1.807) is 18.2 Å². The summed E-state index contributed by atoms with van der Waals surface area (Å²) in [7, 11) is 0. The molecule has 2 N–H and O–H groups in total. The maximum Gasteiger partial charge on any atom is 0.162 e. The van der Waals surface area contributed by atoms with Gasteiger partial charge in [-0.25, -0.2) is 4.39 Å². The van der Waals surface area contributed by atoms with E-state index in [9.17, 15) is 9.50 Å². The number of aliphatic hydroxyl groups is 1. The first-order valence-electron chi connectivity index (χ1n) is 8.74. The quantitative estimate of drug-likeness (QED) is 0.591. The van der Waals surface area contributed by atoms with Crippen molar-refractivity contribution in [3.63, 3.8) is 0 Å². The van der Waals surface area contributed by atoms with Gasteiger partial charge in [-0.2, -0.15) is 0 Å². The van der Waals surface area contributed by atoms with Crippen molar-refractivity contribution in [1.82, 2.24) is 5.32 Å². The maximum atomic E-state index is 13.8. The van der Waals surface area contributed by atoms with Crippen LogP contribution in [0.1, 0.15) is 31.4 Å². The summed E-state index contributed by atoms with van der Waals surface area (Å²) in [6.07, 6.45) is 0.844. The predicted octanol–water partition coefficient (Wildman–Crippen LogP) is 4.43. The number of ether oxygens (including phenoxy) is 2. The fourth-order valence-corrected chi connectivity index (χ4v) is 2.92. The van der Waals surface area contributed by atoms with Gasteiger partial charge >= 0.3 is 0 Å². The van der Waals surface area contributed by atoms with E-state index in [0.717, 1.165) is 16.5 Å². The second-order valence-corrected chi connectivity index (χ2v) is 6.73. The van der Waals surface area contributed by atoms with Gasteiger partial charge in [-0.3, -0.25) is 0 Å². The molecule has 142 valence electrons. The van der Waals surface area contributed by atoms with Gasteiger partial charge in [0, 0.05) is 22.6 Å². The average molecular weight is 426 g/mol. The Balaban J connectivity index is 2.15. The molecule has 6 heteroatoms. The lowest BCUT2D eigenvalue weighted by atomic mass is 10.1. The Morgan fingerprint density at radius 3 is 2.50 bits per heavy atom. The number of hydrogen-bond acceptors (Lipinski definition) is 4. The standard InChI is InChI=1S/C20H25BrFNO3/c1-3-16(12-24)23-11-15-9-19(25-4-2)20(10-17(15)21)26-13-14-7-5-6-8-18(14)22/h5-10,16,23-24H,3-4,11-13H2,1-2H3. The van der Waals surface area contributed by atoms with Crippen molar-refractivity contribution in [2.75, 3.05) is 13.2 Å². The van der Waals surface area contributed by atoms with Crippen LogP contribution in [0.15, 0.2) is 40.9 Å². The zero-order chi connectivity index (χ0) is 18.9. The van der Waals surface area contributed by atoms with E-state index in [1.807, 2.05) is 26.0 Å². The summed E-state index contributed by atoms with van der Waals surface area (Å²) in [5.74, 6) is 0.876. The van der Waals surface area contributed by atoms with E-state index in [0.29, 0.717) is 30.2 Å². The Bertz CT molecular complexity index is 707. The van der Waals surface area contributed by atoms with E-state index < -0.39 is 0 Å². The third-order valence-corrected chi connectivity index (χ3v) is 4.79. The van der Waals surface area contributed by atoms with Crippen LogP contribution in [0.4, 0.5) is 4.39 Å². The van der Waals surface area contributed by atoms with E-state index in [4.69, 9.17) is 9.47 Å². The number of hydrogen-bond donors (Lipinski definition) is 2. The molecule has 2 aromatic rings. The molecule has 0 bridgehead atoms. The molecule has 0 amide bonds. The van der Waals surface area contributed by atoms with Crippen LogP contribution in [-0.2, 0) is 13.2 Å². The normalized spacial score (nSPS) is 12.0. The molecule has 0 saturated carbocycles. The lowest BCUT2D eigenvalue weighted by Crippen LogP contribution is -2.31. The SMILES string of the molecule is CCOc1cc(CNC(CC)CO)c(Br)cc1OCc1ccccc1F. The maximum absolute atomic E-state index is 13.8. The molecule has 0 fully saturated rings. The smallest absolute Gasteiger partial charge is 0.162 e. The van der Waals surface area contributed by atoms with Gasteiger partial charge in [0.05, 0.1) is 13.2 Å². The number of nitrogens with one attached hydrogen (secondary N) is 1. The minimum atomic E-state index is -0.292. The molecular weight excluding hydrogens is 401 g/mol. The van der Waals surface area contributed by atoms with Crippen molar-refractivity contribution in [2.24, 2.45) is 0 Å². The summed E-state index contributed by atoms with van der Waals surface area (Å²) < 4.78 is 26.1. The molecule has 1 atom stereocenters. The van der Waals surface area contributed by atoms with Crippen molar-refractivity contribution in [3.8, 4) is 11.5 Å². The third kappa shape index (κ3) is 5.69. The van der Waals surface area contributed by atoms with Crippen LogP contribution in [0, 0.1) is 5.82 Å². The Labute approximate surface area is 162 Å². The predicted molar refractivity (Wildman–Crippen MR) is 104 cm³/mol. The number of halogens is 2. The summed E-state index contributed by atoms with van der Waals surface area (Å²) in [5, 5.41) is 12.6. The van der Waals surface area contributed by atoms with Gasteiger partial charge in [0.25, 0.3) is 0 Å². The highest BCUT2D eigenvalue weighted by Gasteiger charge is 2.13. The summed E-state index contributed by atoms with van der Waals surface area (Å²) >= 11 is 3.55. The van der Waals surface area contributed by atoms with Crippen LogP contribution in [-0.4, -0.2) is 24.4 Å². The van der Waals surface area contributed by atoms with Crippen molar-refractivity contribution in [2.45, 2.75) is 39.5 Å². The van der Waals surface area contributed by atoms with Gasteiger partial charge in [0.1, 0.15) is 12.4 Å². The molecule has 0 heterocycles. The van der Waals surface area contributed by atoms with Crippen molar-refractivity contribution < 1.29 is 19.0 Å². The Morgan fingerprint density at radius 1 is 1.12 bits per heavy atom. The molecule has 0 aliphatic heterocycles. The summed E-state index contributed by atoms with van der Waals surface area (Å²) in [4.78, 5) is 0. The Morgan fingerprint density at radius 2 is 1.85 bits per heavy atom. The number of rotatable bonds is 10. The molecule has 0 radical (unpaired) electrons. The Hall–Kier alpha value is -1.63. The zero-order valence-electron chi connectivity index (χ0n) is 15.1. The lowest BCUT2D eigenvalue weighted by Gasteiger charge is -2.18. The molecule has 0 saturated heterocycles. The van der Waals surface area contributed by atoms with Gasteiger partial charge in [0.2, 0.25) is 0 Å². The molecule has 2 rings (SSSR count). The second kappa shape index (κ2) is 10.5. The summed E-state index contributed by atoms with van der Waals surface area (Å²) in [5.41, 5.74) is 1.49. The van der Waals surface area contributed by atoms with E-state index in [2.05, 4.69) is 21.2 Å². The van der Waals surface area contributed by atoms with E-state index in [1.165, 1.54) is 6.07 Å². The van der Waals surface area contributed by atoms with Gasteiger partial charge < -0.3 is 19.9 Å². The number of benzene rings is 2. The number of aliphatic hydroxyl groups excluding tert-OH is 1. The summed E-state index contributed by atoms with van der Waals surface area (Å²) in [6, 6.07) is 10.3. The fourth-order valence-electron chi connectivity index (χ4n) is 2.46. The highest BCUT2D eigenvalue weighted by atomic mass is 79.9. The molecule has 0 aliphatic carbocycles. The Kier molecular flexibility index (Phi) is 8.35. The minimum Gasteiger partial charge on any atom is -0.490 e. The topological polar surface area (TPSA) is 50.7 Å². The molecule has 0 aromatic heterocycles. The molecule has 4 nitrogen and oxygen atoms in total. The summed E-state index contributed by atoms with van der Waals surface area (Å²) in [6.45, 7) is 5.23. The van der Waals surface area contributed by atoms with Gasteiger partial charge in [-0.15, -0.1) is 0 Å². The highest BCUT2D eigenvalue weighted by Crippen LogP contribution is 2.34. The van der Waals surface area contributed by atoms with Crippen molar-refractivity contribution in [3.05, 3.63) is 57.8 Å². The van der Waals surface area contributed by atoms with Crippen LogP contribution < -0.4 is 14.8 Å². The molecule has 26 heavy (non-hydrogen) atoms. The highest BCUT2D eigenvalue weighted by molar-refractivity contribution is 9.10. The van der Waals surface area contributed by atoms with Gasteiger partial charge in [-0.05, 0) is 37.1 Å². The second-order valence-electron chi connectivity index (χ2n) is 5.87. The fraction of sp³-hybridized carbons (Fsp3) is 0.400. The zero-order valence-corrected chi connectivity index (χ0v) is 16.7. The minimum absolute atomic E-state index is 0.0504. The molecule has 0 spiro atoms.